The smallest absolute Gasteiger partial charge is 0.255 e. The summed E-state index contributed by atoms with van der Waals surface area (Å²) in [5, 5.41) is 12.5. The topological polar surface area (TPSA) is 106 Å². The Labute approximate surface area is 316 Å². The summed E-state index contributed by atoms with van der Waals surface area (Å²) in [6.45, 7) is 8.12. The molecule has 3 amide bonds. The zero-order valence-corrected chi connectivity index (χ0v) is 30.5. The Morgan fingerprint density at radius 2 is 1.48 bits per heavy atom. The number of fused-ring (bicyclic) bond motifs is 2. The van der Waals surface area contributed by atoms with Gasteiger partial charge in [0.15, 0.2) is 0 Å². The number of rotatable bonds is 7. The maximum atomic E-state index is 13.1. The molecule has 0 aliphatic carbocycles. The zero-order chi connectivity index (χ0) is 36.8. The summed E-state index contributed by atoms with van der Waals surface area (Å²) >= 11 is 0. The predicted octanol–water partition coefficient (Wildman–Crippen LogP) is 5.50. The maximum absolute atomic E-state index is 13.1. The number of nitrogens with one attached hydrogen (secondary N) is 1. The van der Waals surface area contributed by atoms with E-state index in [0.717, 1.165) is 68.4 Å². The normalized spacial score (nSPS) is 23.5. The molecular weight excluding hydrogens is 679 g/mol. The summed E-state index contributed by atoms with van der Waals surface area (Å²) in [5.41, 5.74) is 7.65. The van der Waals surface area contributed by atoms with Crippen LogP contribution in [-0.4, -0.2) is 91.1 Å². The largest absolute Gasteiger partial charge is 0.508 e. The quantitative estimate of drug-likeness (QED) is 0.241. The second-order valence-corrected chi connectivity index (χ2v) is 15.6. The van der Waals surface area contributed by atoms with Gasteiger partial charge < -0.3 is 24.5 Å². The van der Waals surface area contributed by atoms with Crippen molar-refractivity contribution in [3.05, 3.63) is 119 Å². The van der Waals surface area contributed by atoms with Gasteiger partial charge >= 0.3 is 0 Å². The van der Waals surface area contributed by atoms with E-state index in [1.165, 1.54) is 29.7 Å². The minimum atomic E-state index is -0.589. The number of carbonyl (C=O) groups excluding carboxylic acids is 3. The average molecular weight is 726 g/mol. The number of amides is 3. The second kappa shape index (κ2) is 14.5. The van der Waals surface area contributed by atoms with E-state index in [4.69, 9.17) is 4.74 Å². The number of phenolic OH excluding ortho intramolecular Hbond substituents is 1. The van der Waals surface area contributed by atoms with Crippen molar-refractivity contribution < 1.29 is 24.2 Å². The first-order valence-electron chi connectivity index (χ1n) is 19.5. The average Bonchev–Trinajstić information content (AvgIpc) is 3.53. The van der Waals surface area contributed by atoms with E-state index in [9.17, 15) is 19.5 Å². The molecule has 0 radical (unpaired) electrons. The number of carbonyl (C=O) groups is 3. The highest BCUT2D eigenvalue weighted by atomic mass is 16.5. The first kappa shape index (κ1) is 34.4. The number of hydrogen-bond donors (Lipinski definition) is 2. The summed E-state index contributed by atoms with van der Waals surface area (Å²) in [6.07, 6.45) is 2.99. The predicted molar refractivity (Wildman–Crippen MR) is 207 cm³/mol. The molecule has 5 aliphatic heterocycles. The van der Waals surface area contributed by atoms with Gasteiger partial charge in [-0.25, -0.2) is 0 Å². The van der Waals surface area contributed by atoms with Crippen LogP contribution in [0.25, 0.3) is 0 Å². The van der Waals surface area contributed by atoms with Gasteiger partial charge in [0.1, 0.15) is 17.5 Å². The van der Waals surface area contributed by atoms with Crippen LogP contribution in [0.2, 0.25) is 0 Å². The van der Waals surface area contributed by atoms with Crippen molar-refractivity contribution in [1.29, 1.82) is 0 Å². The van der Waals surface area contributed by atoms with Crippen LogP contribution in [0.5, 0.6) is 11.5 Å². The van der Waals surface area contributed by atoms with Crippen molar-refractivity contribution in [2.75, 3.05) is 62.2 Å². The summed E-state index contributed by atoms with van der Waals surface area (Å²) < 4.78 is 6.17. The van der Waals surface area contributed by atoms with Gasteiger partial charge in [0.05, 0.1) is 6.61 Å². The highest BCUT2D eigenvalue weighted by Gasteiger charge is 2.39. The third kappa shape index (κ3) is 6.68. The number of piperidine rings is 2. The molecule has 4 aromatic carbocycles. The summed E-state index contributed by atoms with van der Waals surface area (Å²) in [5.74, 6) is 1.22. The molecule has 0 saturated carbocycles. The fourth-order valence-electron chi connectivity index (χ4n) is 9.38. The van der Waals surface area contributed by atoms with Crippen molar-refractivity contribution in [2.45, 2.75) is 50.1 Å². The van der Waals surface area contributed by atoms with Gasteiger partial charge in [-0.2, -0.15) is 0 Å². The summed E-state index contributed by atoms with van der Waals surface area (Å²) in [4.78, 5) is 46.4. The number of aromatic hydroxyl groups is 1. The summed E-state index contributed by atoms with van der Waals surface area (Å²) in [6, 6.07) is 30.7. The van der Waals surface area contributed by atoms with Crippen molar-refractivity contribution in [1.82, 2.24) is 15.1 Å². The van der Waals surface area contributed by atoms with E-state index >= 15 is 0 Å². The van der Waals surface area contributed by atoms with E-state index in [2.05, 4.69) is 80.7 Å². The molecule has 2 N–H and O–H groups in total. The lowest BCUT2D eigenvalue weighted by Crippen LogP contribution is -2.52. The van der Waals surface area contributed by atoms with E-state index in [1.54, 1.807) is 17.0 Å². The molecule has 54 heavy (non-hydrogen) atoms. The molecule has 10 heteroatoms. The lowest BCUT2D eigenvalue weighted by atomic mass is 9.76. The third-order valence-corrected chi connectivity index (χ3v) is 12.4. The first-order valence-corrected chi connectivity index (χ1v) is 19.5. The Balaban J connectivity index is 0.780. The molecule has 0 spiro atoms. The van der Waals surface area contributed by atoms with E-state index in [1.807, 2.05) is 18.2 Å². The van der Waals surface area contributed by atoms with Crippen molar-refractivity contribution in [3.63, 3.8) is 0 Å². The Morgan fingerprint density at radius 3 is 2.24 bits per heavy atom. The van der Waals surface area contributed by atoms with Gasteiger partial charge in [-0.3, -0.25) is 24.6 Å². The highest BCUT2D eigenvalue weighted by molar-refractivity contribution is 6.05. The van der Waals surface area contributed by atoms with Gasteiger partial charge in [0.25, 0.3) is 5.91 Å². The molecule has 4 aromatic rings. The molecule has 9 rings (SSSR count). The van der Waals surface area contributed by atoms with Crippen LogP contribution in [0.3, 0.4) is 0 Å². The van der Waals surface area contributed by atoms with Gasteiger partial charge in [-0.15, -0.1) is 0 Å². The molecule has 0 bridgehead atoms. The molecule has 0 aromatic heterocycles. The Morgan fingerprint density at radius 1 is 0.741 bits per heavy atom. The Bertz CT molecular complexity index is 2040. The van der Waals surface area contributed by atoms with Gasteiger partial charge in [0.2, 0.25) is 11.8 Å². The van der Waals surface area contributed by atoms with Crippen LogP contribution in [-0.2, 0) is 16.1 Å². The molecule has 10 nitrogen and oxygen atoms in total. The molecular formula is C44H47N5O5. The monoisotopic (exact) mass is 725 g/mol. The standard InChI is InChI=1S/C44H47N5O5/c50-35-11-13-37-40(25-35)54-28-38(30-4-2-1-3-5-30)42(37)31-6-8-33(9-7-31)47-18-16-29(17-19-47)26-46-20-22-48(23-21-46)34-10-12-36-32(24-34)27-49(44(36)53)39-14-15-41(51)45-43(39)52/h1-13,24-25,29,38-39,42,50H,14-23,26-28H2,(H,45,51,52)/t38-,39-,42-/m0/s1. The molecule has 3 saturated heterocycles. The van der Waals surface area contributed by atoms with Gasteiger partial charge in [-0.05, 0) is 78.3 Å². The molecule has 278 valence electrons. The fraction of sp³-hybridized carbons (Fsp3) is 0.386. The number of nitrogens with zero attached hydrogens (tertiary/aromatic N) is 4. The fourth-order valence-corrected chi connectivity index (χ4v) is 9.38. The SMILES string of the molecule is O=C1CC[C@H](N2Cc3cc(N4CCN(CC5CCN(c6ccc([C@H]7c8ccc(O)cc8OC[C@H]7c7ccccc7)cc6)CC5)CC4)ccc3C2=O)C(=O)N1. The number of benzene rings is 4. The minimum Gasteiger partial charge on any atom is -0.508 e. The van der Waals surface area contributed by atoms with Crippen molar-refractivity contribution in [2.24, 2.45) is 5.92 Å². The van der Waals surface area contributed by atoms with Crippen LogP contribution in [0.4, 0.5) is 11.4 Å². The van der Waals surface area contributed by atoms with Gasteiger partial charge in [-0.1, -0.05) is 48.5 Å². The van der Waals surface area contributed by atoms with Crippen LogP contribution < -0.4 is 19.9 Å². The molecule has 0 unspecified atom stereocenters. The molecule has 3 atom stereocenters. The second-order valence-electron chi connectivity index (χ2n) is 15.6. The lowest BCUT2D eigenvalue weighted by Gasteiger charge is -2.40. The Kier molecular flexibility index (Phi) is 9.22. The molecule has 5 aliphatic rings. The number of ether oxygens (including phenoxy) is 1. The molecule has 3 fully saturated rings. The van der Waals surface area contributed by atoms with Crippen molar-refractivity contribution in [3.8, 4) is 11.5 Å². The van der Waals surface area contributed by atoms with Crippen LogP contribution >= 0.6 is 0 Å². The van der Waals surface area contributed by atoms with E-state index in [0.29, 0.717) is 31.1 Å². The first-order chi connectivity index (χ1) is 26.4. The van der Waals surface area contributed by atoms with Crippen LogP contribution in [0.1, 0.15) is 70.1 Å². The van der Waals surface area contributed by atoms with E-state index < -0.39 is 6.04 Å². The Hall–Kier alpha value is -5.35. The number of anilines is 2. The van der Waals surface area contributed by atoms with E-state index in [-0.39, 0.29) is 41.7 Å². The maximum Gasteiger partial charge on any atom is 0.255 e. The third-order valence-electron chi connectivity index (χ3n) is 12.4. The highest BCUT2D eigenvalue weighted by Crippen LogP contribution is 2.47. The van der Waals surface area contributed by atoms with Crippen LogP contribution in [0, 0.1) is 5.92 Å². The lowest BCUT2D eigenvalue weighted by molar-refractivity contribution is -0.136. The molecule has 5 heterocycles. The summed E-state index contributed by atoms with van der Waals surface area (Å²) in [7, 11) is 0. The van der Waals surface area contributed by atoms with Gasteiger partial charge in [0, 0.05) is 99.2 Å². The minimum absolute atomic E-state index is 0.125. The zero-order valence-electron chi connectivity index (χ0n) is 30.5. The number of imide groups is 1. The van der Waals surface area contributed by atoms with Crippen molar-refractivity contribution >= 4 is 29.1 Å². The number of piperazine rings is 1. The van der Waals surface area contributed by atoms with Crippen LogP contribution in [0.15, 0.2) is 91.0 Å². The number of phenols is 1. The number of hydrogen-bond acceptors (Lipinski definition) is 8.